The molecule has 0 fully saturated rings. The number of aryl methyl sites for hydroxylation is 3. The lowest BCUT2D eigenvalue weighted by molar-refractivity contribution is -0.143. The Morgan fingerprint density at radius 2 is 1.83 bits per heavy atom. The molecule has 0 unspecified atom stereocenters. The van der Waals surface area contributed by atoms with E-state index in [1.807, 2.05) is 11.6 Å². The summed E-state index contributed by atoms with van der Waals surface area (Å²) in [6.45, 7) is 21.1. The molecular weight excluding hydrogens is 454 g/mol. The Hall–Kier alpha value is -2.51. The molecule has 0 aliphatic rings. The number of carbonyl (C=O) groups is 1. The number of fused-ring (bicyclic) bond motifs is 1. The van der Waals surface area contributed by atoms with Gasteiger partial charge in [-0.2, -0.15) is 0 Å². The van der Waals surface area contributed by atoms with Crippen LogP contribution >= 0.6 is 0 Å². The highest BCUT2D eigenvalue weighted by Gasteiger charge is 2.37. The monoisotopic (exact) mass is 495 g/mol. The van der Waals surface area contributed by atoms with Crippen molar-refractivity contribution >= 4 is 25.3 Å². The van der Waals surface area contributed by atoms with Gasteiger partial charge < -0.3 is 9.16 Å². The van der Waals surface area contributed by atoms with Gasteiger partial charge in [-0.15, -0.1) is 5.10 Å². The zero-order valence-corrected chi connectivity index (χ0v) is 23.9. The molecule has 0 spiro atoms. The van der Waals surface area contributed by atoms with Crippen LogP contribution in [-0.2, 0) is 27.1 Å². The van der Waals surface area contributed by atoms with Gasteiger partial charge >= 0.3 is 5.97 Å². The first-order chi connectivity index (χ1) is 16.4. The third kappa shape index (κ3) is 5.84. The quantitative estimate of drug-likeness (QED) is 0.245. The topological polar surface area (TPSA) is 66.2 Å². The summed E-state index contributed by atoms with van der Waals surface area (Å²) in [6.07, 6.45) is 0.272. The number of aromatic nitrogens is 3. The Labute approximate surface area is 211 Å². The van der Waals surface area contributed by atoms with Crippen LogP contribution in [0.2, 0.25) is 18.1 Å². The highest BCUT2D eigenvalue weighted by Crippen LogP contribution is 2.38. The van der Waals surface area contributed by atoms with Crippen molar-refractivity contribution in [3.05, 3.63) is 58.1 Å². The fourth-order valence-electron chi connectivity index (χ4n) is 4.13. The van der Waals surface area contributed by atoms with Crippen LogP contribution in [0.4, 0.5) is 0 Å². The number of carbonyl (C=O) groups excluding carboxylic acids is 1. The zero-order valence-electron chi connectivity index (χ0n) is 22.9. The Kier molecular flexibility index (Phi) is 8.22. The summed E-state index contributed by atoms with van der Waals surface area (Å²) in [5.74, 6) is -0.341. The van der Waals surface area contributed by atoms with E-state index >= 15 is 0 Å². The fourth-order valence-corrected chi connectivity index (χ4v) is 5.08. The van der Waals surface area contributed by atoms with Gasteiger partial charge in [-0.3, -0.25) is 4.79 Å². The molecule has 7 heteroatoms. The average Bonchev–Trinajstić information content (AvgIpc) is 3.21. The minimum absolute atomic E-state index is 0.141. The van der Waals surface area contributed by atoms with Crippen molar-refractivity contribution in [1.29, 1.82) is 0 Å². The van der Waals surface area contributed by atoms with Gasteiger partial charge in [0.05, 0.1) is 25.2 Å². The van der Waals surface area contributed by atoms with Crippen molar-refractivity contribution in [3.8, 4) is 0 Å². The third-order valence-electron chi connectivity index (χ3n) is 7.50. The van der Waals surface area contributed by atoms with Gasteiger partial charge in [0.15, 0.2) is 8.32 Å². The predicted molar refractivity (Wildman–Crippen MR) is 144 cm³/mol. The van der Waals surface area contributed by atoms with Gasteiger partial charge in [0, 0.05) is 12.5 Å². The van der Waals surface area contributed by atoms with Crippen molar-refractivity contribution in [3.63, 3.8) is 0 Å². The summed E-state index contributed by atoms with van der Waals surface area (Å²) >= 11 is 0. The van der Waals surface area contributed by atoms with E-state index in [-0.39, 0.29) is 23.3 Å². The van der Waals surface area contributed by atoms with Crippen molar-refractivity contribution in [1.82, 2.24) is 15.0 Å². The van der Waals surface area contributed by atoms with E-state index in [2.05, 4.69) is 95.3 Å². The molecule has 0 amide bonds. The number of hydrogen-bond acceptors (Lipinski definition) is 5. The minimum Gasteiger partial charge on any atom is -0.466 e. The molecule has 0 N–H and O–H groups in total. The first kappa shape index (κ1) is 27.1. The van der Waals surface area contributed by atoms with Crippen molar-refractivity contribution in [2.24, 2.45) is 0 Å². The molecule has 3 rings (SSSR count). The first-order valence-corrected chi connectivity index (χ1v) is 15.5. The fraction of sp³-hybridized carbons (Fsp3) is 0.536. The Morgan fingerprint density at radius 3 is 2.46 bits per heavy atom. The molecular formula is C28H41N3O3Si. The largest absolute Gasteiger partial charge is 0.466 e. The van der Waals surface area contributed by atoms with Crippen LogP contribution in [0.3, 0.4) is 0 Å². The number of rotatable bonds is 9. The second-order valence-corrected chi connectivity index (χ2v) is 15.7. The molecule has 35 heavy (non-hydrogen) atoms. The van der Waals surface area contributed by atoms with Crippen LogP contribution in [0.1, 0.15) is 74.8 Å². The number of ether oxygens (including phenoxy) is 1. The van der Waals surface area contributed by atoms with Gasteiger partial charge in [0.1, 0.15) is 5.52 Å². The summed E-state index contributed by atoms with van der Waals surface area (Å²) in [5, 5.41) is 8.87. The van der Waals surface area contributed by atoms with Gasteiger partial charge in [-0.1, -0.05) is 50.3 Å². The van der Waals surface area contributed by atoms with Gasteiger partial charge in [0.2, 0.25) is 0 Å². The van der Waals surface area contributed by atoms with E-state index in [1.165, 1.54) is 5.56 Å². The smallest absolute Gasteiger partial charge is 0.306 e. The zero-order chi connectivity index (χ0) is 26.0. The lowest BCUT2D eigenvalue weighted by Crippen LogP contribution is -2.40. The van der Waals surface area contributed by atoms with Gasteiger partial charge in [-0.25, -0.2) is 4.68 Å². The summed E-state index contributed by atoms with van der Waals surface area (Å²) in [6, 6.07) is 10.7. The van der Waals surface area contributed by atoms with Crippen molar-refractivity contribution < 1.29 is 14.0 Å². The van der Waals surface area contributed by atoms with Gasteiger partial charge in [0.25, 0.3) is 0 Å². The lowest BCUT2D eigenvalue weighted by Gasteiger charge is -2.36. The Bertz CT molecular complexity index is 1190. The first-order valence-electron chi connectivity index (χ1n) is 12.6. The normalized spacial score (nSPS) is 13.3. The number of benzene rings is 2. The standard InChI is InChI=1S/C28H41N3O3Si/c1-10-31-25-15-14-23(20(4)27(25)29-30-31)24(17-26(32)33-11-2)21-13-12-19(3)22(16-21)18-34-35(8,9)28(5,6)7/h12-16,24H,10-11,17-18H2,1-9H3/t24-/m1/s1. The maximum Gasteiger partial charge on any atom is 0.306 e. The van der Waals surface area contributed by atoms with Crippen LogP contribution in [-0.4, -0.2) is 35.9 Å². The predicted octanol–water partition coefficient (Wildman–Crippen LogP) is 6.67. The molecule has 1 heterocycles. The highest BCUT2D eigenvalue weighted by molar-refractivity contribution is 6.74. The van der Waals surface area contributed by atoms with E-state index in [9.17, 15) is 4.79 Å². The average molecular weight is 496 g/mol. The van der Waals surface area contributed by atoms with E-state index in [4.69, 9.17) is 9.16 Å². The van der Waals surface area contributed by atoms with Crippen LogP contribution < -0.4 is 0 Å². The molecule has 1 atom stereocenters. The molecule has 0 saturated heterocycles. The van der Waals surface area contributed by atoms with E-state index in [0.29, 0.717) is 13.2 Å². The second-order valence-electron chi connectivity index (χ2n) is 10.8. The van der Waals surface area contributed by atoms with E-state index < -0.39 is 8.32 Å². The summed E-state index contributed by atoms with van der Waals surface area (Å²) in [4.78, 5) is 12.7. The minimum atomic E-state index is -1.89. The molecule has 0 bridgehead atoms. The molecule has 0 aliphatic heterocycles. The summed E-state index contributed by atoms with van der Waals surface area (Å²) in [7, 11) is -1.89. The number of nitrogens with zero attached hydrogens (tertiary/aromatic N) is 3. The highest BCUT2D eigenvalue weighted by atomic mass is 28.4. The Balaban J connectivity index is 2.04. The van der Waals surface area contributed by atoms with Crippen LogP contribution in [0.25, 0.3) is 11.0 Å². The van der Waals surface area contributed by atoms with Crippen molar-refractivity contribution in [2.45, 2.75) is 92.1 Å². The maximum atomic E-state index is 12.7. The molecule has 6 nitrogen and oxygen atoms in total. The van der Waals surface area contributed by atoms with Crippen LogP contribution in [0, 0.1) is 13.8 Å². The summed E-state index contributed by atoms with van der Waals surface area (Å²) in [5.41, 5.74) is 7.47. The third-order valence-corrected chi connectivity index (χ3v) is 12.0. The molecule has 3 aromatic rings. The molecule has 190 valence electrons. The SMILES string of the molecule is CCOC(=O)C[C@H](c1ccc(C)c(CO[Si](C)(C)C(C)(C)C)c1)c1ccc2c(nnn2CC)c1C. The van der Waals surface area contributed by atoms with Crippen LogP contribution in [0.5, 0.6) is 0 Å². The molecule has 2 aromatic carbocycles. The van der Waals surface area contributed by atoms with E-state index in [1.54, 1.807) is 0 Å². The molecule has 1 aromatic heterocycles. The molecule has 0 aliphatic carbocycles. The van der Waals surface area contributed by atoms with E-state index in [0.717, 1.165) is 39.8 Å². The maximum absolute atomic E-state index is 12.7. The lowest BCUT2D eigenvalue weighted by atomic mass is 9.84. The van der Waals surface area contributed by atoms with Gasteiger partial charge in [-0.05, 0) is 79.7 Å². The Morgan fingerprint density at radius 1 is 1.11 bits per heavy atom. The second kappa shape index (κ2) is 10.6. The number of esters is 1. The summed E-state index contributed by atoms with van der Waals surface area (Å²) < 4.78 is 13.8. The van der Waals surface area contributed by atoms with Crippen LogP contribution in [0.15, 0.2) is 30.3 Å². The van der Waals surface area contributed by atoms with Crippen molar-refractivity contribution in [2.75, 3.05) is 6.61 Å². The number of hydrogen-bond donors (Lipinski definition) is 0. The molecule has 0 radical (unpaired) electrons. The molecule has 0 saturated carbocycles.